The number of carbonyl (C=O) groups excluding carboxylic acids is 1. The fraction of sp³-hybridized carbons (Fsp3) is 0.381. The Morgan fingerprint density at radius 1 is 1.25 bits per heavy atom. The van der Waals surface area contributed by atoms with Crippen molar-refractivity contribution in [2.75, 3.05) is 0 Å². The van der Waals surface area contributed by atoms with E-state index in [0.29, 0.717) is 24.1 Å². The Morgan fingerprint density at radius 2 is 2.11 bits per heavy atom. The third kappa shape index (κ3) is 3.76. The molecule has 0 saturated carbocycles. The summed E-state index contributed by atoms with van der Waals surface area (Å²) in [4.78, 5) is 30.4. The van der Waals surface area contributed by atoms with Crippen LogP contribution in [0.4, 0.5) is 0 Å². The molecular weight excluding hydrogens is 420 g/mol. The lowest BCUT2D eigenvalue weighted by Crippen LogP contribution is -2.30. The van der Waals surface area contributed by atoms with Gasteiger partial charge >= 0.3 is 0 Å². The molecule has 146 valence electrons. The number of carbonyl (C=O) groups is 1. The SMILES string of the molecule is Cc1cc2nc3n(c(=O)c2n1CC(=O)NCc1cccc(Br)c1)CCCCC3. The Kier molecular flexibility index (Phi) is 5.35. The van der Waals surface area contributed by atoms with Crippen molar-refractivity contribution in [3.8, 4) is 0 Å². The van der Waals surface area contributed by atoms with Crippen LogP contribution in [0.25, 0.3) is 11.0 Å². The molecule has 2 aromatic heterocycles. The number of fused-ring (bicyclic) bond motifs is 2. The van der Waals surface area contributed by atoms with E-state index in [1.54, 1.807) is 9.13 Å². The number of nitrogens with zero attached hydrogens (tertiary/aromatic N) is 3. The number of aryl methyl sites for hydroxylation is 2. The zero-order valence-electron chi connectivity index (χ0n) is 15.9. The Hall–Kier alpha value is -2.41. The van der Waals surface area contributed by atoms with Crippen molar-refractivity contribution in [2.24, 2.45) is 0 Å². The second-order valence-corrected chi connectivity index (χ2v) is 8.22. The largest absolute Gasteiger partial charge is 0.350 e. The molecule has 1 aliphatic heterocycles. The molecule has 0 fully saturated rings. The van der Waals surface area contributed by atoms with Crippen molar-refractivity contribution < 1.29 is 4.79 Å². The van der Waals surface area contributed by atoms with E-state index in [0.717, 1.165) is 47.2 Å². The van der Waals surface area contributed by atoms with Crippen LogP contribution in [-0.4, -0.2) is 20.0 Å². The van der Waals surface area contributed by atoms with Gasteiger partial charge in [0.2, 0.25) is 5.91 Å². The van der Waals surface area contributed by atoms with Crippen molar-refractivity contribution in [2.45, 2.75) is 52.2 Å². The van der Waals surface area contributed by atoms with Gasteiger partial charge in [0.1, 0.15) is 17.9 Å². The van der Waals surface area contributed by atoms with Crippen molar-refractivity contribution in [3.63, 3.8) is 0 Å². The monoisotopic (exact) mass is 442 g/mol. The Bertz CT molecular complexity index is 1100. The fourth-order valence-corrected chi connectivity index (χ4v) is 4.26. The highest BCUT2D eigenvalue weighted by Crippen LogP contribution is 2.18. The molecule has 0 radical (unpaired) electrons. The first-order valence-corrected chi connectivity index (χ1v) is 10.4. The number of hydrogen-bond acceptors (Lipinski definition) is 3. The van der Waals surface area contributed by atoms with Gasteiger partial charge in [-0.05, 0) is 43.5 Å². The minimum absolute atomic E-state index is 0.0326. The molecule has 7 heteroatoms. The van der Waals surface area contributed by atoms with E-state index in [2.05, 4.69) is 21.2 Å². The van der Waals surface area contributed by atoms with Crippen LogP contribution in [0.1, 0.15) is 36.3 Å². The zero-order chi connectivity index (χ0) is 19.7. The van der Waals surface area contributed by atoms with Crippen molar-refractivity contribution in [3.05, 3.63) is 62.2 Å². The number of hydrogen-bond donors (Lipinski definition) is 1. The average molecular weight is 443 g/mol. The molecule has 0 unspecified atom stereocenters. The highest BCUT2D eigenvalue weighted by molar-refractivity contribution is 9.10. The maximum atomic E-state index is 13.1. The van der Waals surface area contributed by atoms with Crippen LogP contribution in [-0.2, 0) is 30.8 Å². The second kappa shape index (κ2) is 7.91. The van der Waals surface area contributed by atoms with E-state index in [-0.39, 0.29) is 18.0 Å². The van der Waals surface area contributed by atoms with Gasteiger partial charge < -0.3 is 9.88 Å². The summed E-state index contributed by atoms with van der Waals surface area (Å²) in [7, 11) is 0. The van der Waals surface area contributed by atoms with Crippen molar-refractivity contribution in [1.82, 2.24) is 19.4 Å². The van der Waals surface area contributed by atoms with E-state index in [4.69, 9.17) is 4.98 Å². The maximum absolute atomic E-state index is 13.1. The smallest absolute Gasteiger partial charge is 0.278 e. The first kappa shape index (κ1) is 18.9. The number of benzene rings is 1. The molecule has 28 heavy (non-hydrogen) atoms. The molecule has 3 aromatic rings. The third-order valence-corrected chi connectivity index (χ3v) is 5.75. The van der Waals surface area contributed by atoms with Crippen LogP contribution >= 0.6 is 15.9 Å². The number of amides is 1. The number of halogens is 1. The van der Waals surface area contributed by atoms with E-state index in [9.17, 15) is 9.59 Å². The number of rotatable bonds is 4. The lowest BCUT2D eigenvalue weighted by molar-refractivity contribution is -0.121. The van der Waals surface area contributed by atoms with Gasteiger partial charge in [-0.2, -0.15) is 0 Å². The van der Waals surface area contributed by atoms with Gasteiger partial charge in [0.05, 0.1) is 5.52 Å². The van der Waals surface area contributed by atoms with E-state index in [1.165, 1.54) is 0 Å². The molecule has 0 saturated heterocycles. The third-order valence-electron chi connectivity index (χ3n) is 5.26. The molecule has 0 aliphatic carbocycles. The predicted octanol–water partition coefficient (Wildman–Crippen LogP) is 3.31. The topological polar surface area (TPSA) is 68.9 Å². The molecule has 1 N–H and O–H groups in total. The molecule has 1 aromatic carbocycles. The van der Waals surface area contributed by atoms with Crippen LogP contribution < -0.4 is 10.9 Å². The standard InChI is InChI=1S/C21H23BrN4O2/c1-14-10-17-20(21(28)25-9-4-2-3-8-18(25)24-17)26(14)13-19(27)23-12-15-6-5-7-16(22)11-15/h5-7,10-11H,2-4,8-9,12-13H2,1H3,(H,23,27). The van der Waals surface area contributed by atoms with Crippen LogP contribution in [0.2, 0.25) is 0 Å². The second-order valence-electron chi connectivity index (χ2n) is 7.31. The van der Waals surface area contributed by atoms with Crippen molar-refractivity contribution >= 4 is 32.9 Å². The summed E-state index contributed by atoms with van der Waals surface area (Å²) in [5.41, 5.74) is 3.08. The van der Waals surface area contributed by atoms with Gasteiger partial charge in [-0.1, -0.05) is 34.5 Å². The normalized spacial score (nSPS) is 13.9. The van der Waals surface area contributed by atoms with Crippen molar-refractivity contribution in [1.29, 1.82) is 0 Å². The van der Waals surface area contributed by atoms with E-state index in [1.807, 2.05) is 37.3 Å². The summed E-state index contributed by atoms with van der Waals surface area (Å²) >= 11 is 3.44. The summed E-state index contributed by atoms with van der Waals surface area (Å²) in [6, 6.07) is 9.73. The molecule has 0 atom stereocenters. The molecule has 0 spiro atoms. The van der Waals surface area contributed by atoms with Gasteiger partial charge in [-0.25, -0.2) is 4.98 Å². The summed E-state index contributed by atoms with van der Waals surface area (Å²) < 4.78 is 4.57. The molecule has 4 rings (SSSR count). The van der Waals surface area contributed by atoms with Gasteiger partial charge in [0.25, 0.3) is 5.56 Å². The number of nitrogens with one attached hydrogen (secondary N) is 1. The van der Waals surface area contributed by atoms with E-state index >= 15 is 0 Å². The maximum Gasteiger partial charge on any atom is 0.278 e. The highest BCUT2D eigenvalue weighted by atomic mass is 79.9. The van der Waals surface area contributed by atoms with Gasteiger partial charge in [-0.3, -0.25) is 14.2 Å². The first-order chi connectivity index (χ1) is 13.5. The average Bonchev–Trinajstić information content (AvgIpc) is 2.83. The summed E-state index contributed by atoms with van der Waals surface area (Å²) in [5, 5.41) is 2.94. The molecule has 3 heterocycles. The Morgan fingerprint density at radius 3 is 2.93 bits per heavy atom. The van der Waals surface area contributed by atoms with Gasteiger partial charge in [0.15, 0.2) is 0 Å². The molecule has 1 aliphatic rings. The minimum atomic E-state index is -0.125. The highest BCUT2D eigenvalue weighted by Gasteiger charge is 2.19. The first-order valence-electron chi connectivity index (χ1n) is 9.63. The zero-order valence-corrected chi connectivity index (χ0v) is 17.5. The Labute approximate surface area is 171 Å². The van der Waals surface area contributed by atoms with Crippen LogP contribution in [0, 0.1) is 6.92 Å². The van der Waals surface area contributed by atoms with Crippen LogP contribution in [0.15, 0.2) is 39.6 Å². The fourth-order valence-electron chi connectivity index (χ4n) is 3.82. The molecular formula is C21H23BrN4O2. The molecule has 1 amide bonds. The van der Waals surface area contributed by atoms with E-state index < -0.39 is 0 Å². The predicted molar refractivity (Wildman–Crippen MR) is 112 cm³/mol. The summed E-state index contributed by atoms with van der Waals surface area (Å²) in [6.07, 6.45) is 4.01. The lowest BCUT2D eigenvalue weighted by atomic mass is 10.2. The molecule has 0 bridgehead atoms. The Balaban J connectivity index is 1.59. The minimum Gasteiger partial charge on any atom is -0.350 e. The lowest BCUT2D eigenvalue weighted by Gasteiger charge is -2.12. The van der Waals surface area contributed by atoms with Gasteiger partial charge in [-0.15, -0.1) is 0 Å². The van der Waals surface area contributed by atoms with Crippen LogP contribution in [0.3, 0.4) is 0 Å². The summed E-state index contributed by atoms with van der Waals surface area (Å²) in [5.74, 6) is 0.742. The van der Waals surface area contributed by atoms with Crippen LogP contribution in [0.5, 0.6) is 0 Å². The quantitative estimate of drug-likeness (QED) is 0.673. The van der Waals surface area contributed by atoms with Gasteiger partial charge in [0, 0.05) is 29.7 Å². The summed E-state index contributed by atoms with van der Waals surface area (Å²) in [6.45, 7) is 3.18. The molecule has 6 nitrogen and oxygen atoms in total. The number of aromatic nitrogens is 3.